The third-order valence-corrected chi connectivity index (χ3v) is 3.54. The summed E-state index contributed by atoms with van der Waals surface area (Å²) >= 11 is 5.97. The second kappa shape index (κ2) is 7.99. The van der Waals surface area contributed by atoms with Crippen molar-refractivity contribution >= 4 is 17.5 Å². The molecule has 1 amide bonds. The van der Waals surface area contributed by atoms with Crippen LogP contribution in [0.2, 0.25) is 5.02 Å². The van der Waals surface area contributed by atoms with Gasteiger partial charge in [-0.1, -0.05) is 35.9 Å². The van der Waals surface area contributed by atoms with Crippen molar-refractivity contribution in [3.05, 3.63) is 64.7 Å². The summed E-state index contributed by atoms with van der Waals surface area (Å²) in [6.07, 6.45) is -0.699. The fourth-order valence-electron chi connectivity index (χ4n) is 2.09. The Bertz CT molecular complexity index is 656. The molecule has 122 valence electrons. The van der Waals surface area contributed by atoms with Gasteiger partial charge in [0.2, 0.25) is 0 Å². The Kier molecular flexibility index (Phi) is 6.02. The summed E-state index contributed by atoms with van der Waals surface area (Å²) in [6.45, 7) is 4.01. The molecule has 0 heterocycles. The van der Waals surface area contributed by atoms with Gasteiger partial charge in [-0.2, -0.15) is 0 Å². The molecule has 1 atom stereocenters. The maximum absolute atomic E-state index is 12.0. The van der Waals surface area contributed by atoms with Crippen LogP contribution in [0.5, 0.6) is 5.75 Å². The zero-order chi connectivity index (χ0) is 16.8. The molecular weight excluding hydrogens is 314 g/mol. The van der Waals surface area contributed by atoms with Gasteiger partial charge in [-0.05, 0) is 43.7 Å². The van der Waals surface area contributed by atoms with Crippen molar-refractivity contribution in [1.82, 2.24) is 5.32 Å². The summed E-state index contributed by atoms with van der Waals surface area (Å²) in [6, 6.07) is 14.0. The maximum atomic E-state index is 12.0. The lowest BCUT2D eigenvalue weighted by molar-refractivity contribution is 0.0916. The van der Waals surface area contributed by atoms with Crippen molar-refractivity contribution in [2.24, 2.45) is 0 Å². The number of ether oxygens (including phenoxy) is 1. The van der Waals surface area contributed by atoms with Crippen LogP contribution >= 0.6 is 11.6 Å². The van der Waals surface area contributed by atoms with Crippen LogP contribution in [0.3, 0.4) is 0 Å². The molecule has 0 saturated carbocycles. The normalized spacial score (nSPS) is 12.0. The number of halogens is 1. The fourth-order valence-corrected chi connectivity index (χ4v) is 2.31. The molecule has 4 nitrogen and oxygen atoms in total. The van der Waals surface area contributed by atoms with Crippen LogP contribution in [0.15, 0.2) is 48.5 Å². The number of hydrogen-bond donors (Lipinski definition) is 2. The molecule has 1 unspecified atom stereocenters. The molecule has 0 fully saturated rings. The van der Waals surface area contributed by atoms with Crippen LogP contribution in [-0.2, 0) is 0 Å². The summed E-state index contributed by atoms with van der Waals surface area (Å²) in [5, 5.41) is 13.2. The number of carbonyl (C=O) groups is 1. The fraction of sp³-hybridized carbons (Fsp3) is 0.278. The van der Waals surface area contributed by atoms with Crippen molar-refractivity contribution in [1.29, 1.82) is 0 Å². The molecular formula is C18H20ClNO3. The third-order valence-electron chi connectivity index (χ3n) is 3.21. The van der Waals surface area contributed by atoms with Gasteiger partial charge in [0, 0.05) is 6.54 Å². The summed E-state index contributed by atoms with van der Waals surface area (Å²) in [5.74, 6) is 0.436. The van der Waals surface area contributed by atoms with E-state index in [4.69, 9.17) is 16.3 Å². The summed E-state index contributed by atoms with van der Waals surface area (Å²) < 4.78 is 5.55. The molecule has 0 spiro atoms. The van der Waals surface area contributed by atoms with Gasteiger partial charge in [-0.3, -0.25) is 4.79 Å². The molecule has 2 aromatic rings. The molecule has 0 bridgehead atoms. The van der Waals surface area contributed by atoms with Crippen molar-refractivity contribution in [3.63, 3.8) is 0 Å². The average molecular weight is 334 g/mol. The minimum absolute atomic E-state index is 0.0979. The van der Waals surface area contributed by atoms with Crippen LogP contribution in [0.4, 0.5) is 0 Å². The van der Waals surface area contributed by atoms with Crippen LogP contribution in [0.1, 0.15) is 35.9 Å². The van der Waals surface area contributed by atoms with Crippen LogP contribution in [0, 0.1) is 0 Å². The Morgan fingerprint density at radius 3 is 2.43 bits per heavy atom. The first kappa shape index (κ1) is 17.3. The number of aliphatic hydroxyl groups excluding tert-OH is 1. The number of benzene rings is 2. The largest absolute Gasteiger partial charge is 0.491 e. The van der Waals surface area contributed by atoms with E-state index in [2.05, 4.69) is 5.32 Å². The number of hydrogen-bond acceptors (Lipinski definition) is 3. The van der Waals surface area contributed by atoms with Gasteiger partial charge in [-0.15, -0.1) is 0 Å². The van der Waals surface area contributed by atoms with E-state index in [0.717, 1.165) is 5.75 Å². The highest BCUT2D eigenvalue weighted by molar-refractivity contribution is 6.33. The lowest BCUT2D eigenvalue weighted by Gasteiger charge is -2.14. The number of nitrogens with one attached hydrogen (secondary N) is 1. The van der Waals surface area contributed by atoms with E-state index in [9.17, 15) is 9.90 Å². The summed E-state index contributed by atoms with van der Waals surface area (Å²) in [7, 11) is 0. The maximum Gasteiger partial charge on any atom is 0.252 e. The topological polar surface area (TPSA) is 58.6 Å². The Hall–Kier alpha value is -2.04. The molecule has 0 saturated heterocycles. The van der Waals surface area contributed by atoms with Gasteiger partial charge in [0.15, 0.2) is 0 Å². The number of carbonyl (C=O) groups excluding carboxylic acids is 1. The molecule has 5 heteroatoms. The monoisotopic (exact) mass is 333 g/mol. The minimum Gasteiger partial charge on any atom is -0.491 e. The molecule has 0 radical (unpaired) electrons. The van der Waals surface area contributed by atoms with Crippen LogP contribution < -0.4 is 10.1 Å². The lowest BCUT2D eigenvalue weighted by atomic mass is 10.1. The van der Waals surface area contributed by atoms with E-state index in [0.29, 0.717) is 16.1 Å². The first-order valence-corrected chi connectivity index (χ1v) is 7.82. The zero-order valence-corrected chi connectivity index (χ0v) is 13.9. The van der Waals surface area contributed by atoms with E-state index >= 15 is 0 Å². The standard InChI is InChI=1S/C18H20ClNO3/c1-12(2)23-14-9-7-13(8-10-14)17(21)11-20-18(22)15-5-3-4-6-16(15)19/h3-10,12,17,21H,11H2,1-2H3,(H,20,22). The Balaban J connectivity index is 1.93. The number of rotatable bonds is 6. The first-order valence-electron chi connectivity index (χ1n) is 7.45. The highest BCUT2D eigenvalue weighted by Crippen LogP contribution is 2.19. The van der Waals surface area contributed by atoms with E-state index in [1.165, 1.54) is 0 Å². The van der Waals surface area contributed by atoms with Gasteiger partial charge in [0.25, 0.3) is 5.91 Å². The highest BCUT2D eigenvalue weighted by Gasteiger charge is 2.13. The second-order valence-electron chi connectivity index (χ2n) is 5.44. The zero-order valence-electron chi connectivity index (χ0n) is 13.1. The average Bonchev–Trinajstić information content (AvgIpc) is 2.53. The van der Waals surface area contributed by atoms with E-state index in [1.807, 2.05) is 13.8 Å². The molecule has 2 rings (SSSR count). The van der Waals surface area contributed by atoms with Gasteiger partial charge < -0.3 is 15.2 Å². The molecule has 0 aliphatic rings. The van der Waals surface area contributed by atoms with Gasteiger partial charge in [0.05, 0.1) is 22.8 Å². The SMILES string of the molecule is CC(C)Oc1ccc(C(O)CNC(=O)c2ccccc2Cl)cc1. The summed E-state index contributed by atoms with van der Waals surface area (Å²) in [4.78, 5) is 12.0. The summed E-state index contributed by atoms with van der Waals surface area (Å²) in [5.41, 5.74) is 1.10. The molecule has 2 N–H and O–H groups in total. The predicted molar refractivity (Wildman–Crippen MR) is 91.0 cm³/mol. The molecule has 23 heavy (non-hydrogen) atoms. The number of aliphatic hydroxyl groups is 1. The minimum atomic E-state index is -0.797. The molecule has 0 aliphatic carbocycles. The molecule has 0 aromatic heterocycles. The predicted octanol–water partition coefficient (Wildman–Crippen LogP) is 3.59. The van der Waals surface area contributed by atoms with Gasteiger partial charge in [-0.25, -0.2) is 0 Å². The highest BCUT2D eigenvalue weighted by atomic mass is 35.5. The van der Waals surface area contributed by atoms with Gasteiger partial charge >= 0.3 is 0 Å². The van der Waals surface area contributed by atoms with Crippen molar-refractivity contribution in [2.45, 2.75) is 26.1 Å². The lowest BCUT2D eigenvalue weighted by Crippen LogP contribution is -2.28. The smallest absolute Gasteiger partial charge is 0.252 e. The molecule has 0 aliphatic heterocycles. The van der Waals surface area contributed by atoms with Crippen LogP contribution in [-0.4, -0.2) is 23.7 Å². The van der Waals surface area contributed by atoms with Gasteiger partial charge in [0.1, 0.15) is 5.75 Å². The Morgan fingerprint density at radius 1 is 1.17 bits per heavy atom. The van der Waals surface area contributed by atoms with E-state index in [1.54, 1.807) is 48.5 Å². The van der Waals surface area contributed by atoms with Crippen molar-refractivity contribution in [3.8, 4) is 5.75 Å². The molecule has 2 aromatic carbocycles. The second-order valence-corrected chi connectivity index (χ2v) is 5.85. The van der Waals surface area contributed by atoms with Crippen LogP contribution in [0.25, 0.3) is 0 Å². The van der Waals surface area contributed by atoms with E-state index in [-0.39, 0.29) is 18.6 Å². The van der Waals surface area contributed by atoms with Crippen molar-refractivity contribution in [2.75, 3.05) is 6.54 Å². The Morgan fingerprint density at radius 2 is 1.83 bits per heavy atom. The number of amides is 1. The Labute approximate surface area is 141 Å². The van der Waals surface area contributed by atoms with Crippen molar-refractivity contribution < 1.29 is 14.6 Å². The first-order chi connectivity index (χ1) is 11.0. The third kappa shape index (κ3) is 4.98. The van der Waals surface area contributed by atoms with E-state index < -0.39 is 6.10 Å². The quantitative estimate of drug-likeness (QED) is 0.849.